The minimum absolute atomic E-state index is 0.446. The van der Waals surface area contributed by atoms with Gasteiger partial charge in [0.1, 0.15) is 11.8 Å². The van der Waals surface area contributed by atoms with Crippen molar-refractivity contribution in [3.63, 3.8) is 0 Å². The van der Waals surface area contributed by atoms with Gasteiger partial charge >= 0.3 is 5.97 Å². The molecule has 1 rings (SSSR count). The third-order valence-corrected chi connectivity index (χ3v) is 4.37. The number of hydrogen-bond acceptors (Lipinski definition) is 4. The summed E-state index contributed by atoms with van der Waals surface area (Å²) >= 11 is 0. The van der Waals surface area contributed by atoms with Crippen LogP contribution in [0.1, 0.15) is 84.0 Å². The topological polar surface area (TPSA) is 106 Å². The van der Waals surface area contributed by atoms with Crippen molar-refractivity contribution in [3.05, 3.63) is 0 Å². The Morgan fingerprint density at radius 3 is 2.43 bits per heavy atom. The molecule has 5 heteroatoms. The van der Waals surface area contributed by atoms with E-state index in [-0.39, 0.29) is 0 Å². The van der Waals surface area contributed by atoms with Crippen LogP contribution in [0.2, 0.25) is 0 Å². The van der Waals surface area contributed by atoms with Crippen molar-refractivity contribution in [1.82, 2.24) is 0 Å². The maximum absolute atomic E-state index is 11.3. The van der Waals surface area contributed by atoms with E-state index in [4.69, 9.17) is 16.6 Å². The zero-order chi connectivity index (χ0) is 17.5. The fourth-order valence-corrected chi connectivity index (χ4v) is 2.82. The Labute approximate surface area is 141 Å². The molecule has 0 aromatic rings. The molecule has 1 unspecified atom stereocenters. The summed E-state index contributed by atoms with van der Waals surface area (Å²) < 4.78 is 0. The third-order valence-electron chi connectivity index (χ3n) is 4.37. The monoisotopic (exact) mass is 328 g/mol. The van der Waals surface area contributed by atoms with Crippen LogP contribution in [0.3, 0.4) is 0 Å². The molecule has 0 amide bonds. The summed E-state index contributed by atoms with van der Waals surface area (Å²) in [5.74, 6) is 0.0501. The van der Waals surface area contributed by atoms with Crippen LogP contribution in [0.15, 0.2) is 0 Å². The molecule has 0 saturated heterocycles. The van der Waals surface area contributed by atoms with E-state index in [1.807, 2.05) is 0 Å². The van der Waals surface area contributed by atoms with Crippen LogP contribution in [-0.2, 0) is 9.59 Å². The lowest BCUT2D eigenvalue weighted by Gasteiger charge is -2.06. The number of ketones is 1. The summed E-state index contributed by atoms with van der Waals surface area (Å²) in [5, 5.41) is 8.33. The number of carbonyl (C=O) groups excluding carboxylic acids is 1. The molecule has 1 saturated carbocycles. The molecular formula is C18H36N2O3. The molecule has 1 aliphatic carbocycles. The largest absolute Gasteiger partial charge is 0.480 e. The zero-order valence-corrected chi connectivity index (χ0v) is 14.8. The third kappa shape index (κ3) is 12.2. The van der Waals surface area contributed by atoms with Gasteiger partial charge in [0.15, 0.2) is 0 Å². The molecule has 0 aliphatic heterocycles. The van der Waals surface area contributed by atoms with Gasteiger partial charge in [-0.3, -0.25) is 9.59 Å². The Morgan fingerprint density at radius 2 is 1.91 bits per heavy atom. The fourth-order valence-electron chi connectivity index (χ4n) is 2.82. The number of rotatable bonds is 11. The number of carbonyl (C=O) groups is 2. The SMILES string of the molecule is CCCCCCCC1CCCC1=O.NCCCC[C@H](N)C(=O)O. The standard InChI is InChI=1S/C12H22O.C6H14N2O2/c1-2-3-4-5-6-8-11-9-7-10-12(11)13;7-4-2-1-3-5(8)6(9)10/h11H,2-10H2,1H3;5H,1-4,7-8H2,(H,9,10)/t;5-/m.0/s1. The molecule has 0 radical (unpaired) electrons. The van der Waals surface area contributed by atoms with Crippen molar-refractivity contribution >= 4 is 11.8 Å². The number of hydrogen-bond donors (Lipinski definition) is 3. The number of Topliss-reactive ketones (excluding diaryl/α,β-unsaturated/α-hetero) is 1. The first-order valence-corrected chi connectivity index (χ1v) is 9.24. The highest BCUT2D eigenvalue weighted by molar-refractivity contribution is 5.82. The number of unbranched alkanes of at least 4 members (excludes halogenated alkanes) is 5. The summed E-state index contributed by atoms with van der Waals surface area (Å²) in [4.78, 5) is 21.4. The maximum atomic E-state index is 11.3. The maximum Gasteiger partial charge on any atom is 0.320 e. The molecule has 5 nitrogen and oxygen atoms in total. The minimum atomic E-state index is -0.933. The van der Waals surface area contributed by atoms with E-state index in [1.165, 1.54) is 44.9 Å². The van der Waals surface area contributed by atoms with Gasteiger partial charge in [0, 0.05) is 12.3 Å². The first-order chi connectivity index (χ1) is 11.0. The van der Waals surface area contributed by atoms with Crippen molar-refractivity contribution in [2.45, 2.75) is 90.0 Å². The predicted octanol–water partition coefficient (Wildman–Crippen LogP) is 3.24. The molecule has 0 heterocycles. The van der Waals surface area contributed by atoms with Gasteiger partial charge in [0.2, 0.25) is 0 Å². The highest BCUT2D eigenvalue weighted by atomic mass is 16.4. The van der Waals surface area contributed by atoms with E-state index in [1.54, 1.807) is 0 Å². The summed E-state index contributed by atoms with van der Waals surface area (Å²) in [6.07, 6.45) is 13.1. The average Bonchev–Trinajstić information content (AvgIpc) is 2.93. The number of nitrogens with two attached hydrogens (primary N) is 2. The van der Waals surface area contributed by atoms with Crippen molar-refractivity contribution in [1.29, 1.82) is 0 Å². The second kappa shape index (κ2) is 14.6. The first-order valence-electron chi connectivity index (χ1n) is 9.24. The average molecular weight is 328 g/mol. The van der Waals surface area contributed by atoms with E-state index in [9.17, 15) is 9.59 Å². The minimum Gasteiger partial charge on any atom is -0.480 e. The van der Waals surface area contributed by atoms with Gasteiger partial charge in [0.05, 0.1) is 0 Å². The van der Waals surface area contributed by atoms with Crippen LogP contribution in [0.5, 0.6) is 0 Å². The Kier molecular flexibility index (Phi) is 14.0. The highest BCUT2D eigenvalue weighted by Gasteiger charge is 2.23. The molecule has 1 aliphatic rings. The molecule has 23 heavy (non-hydrogen) atoms. The van der Waals surface area contributed by atoms with Crippen molar-refractivity contribution < 1.29 is 14.7 Å². The predicted molar refractivity (Wildman–Crippen MR) is 94.2 cm³/mol. The van der Waals surface area contributed by atoms with Crippen molar-refractivity contribution in [2.75, 3.05) is 6.54 Å². The van der Waals surface area contributed by atoms with Gasteiger partial charge in [-0.05, 0) is 38.6 Å². The Bertz CT molecular complexity index is 321. The van der Waals surface area contributed by atoms with Gasteiger partial charge < -0.3 is 16.6 Å². The molecular weight excluding hydrogens is 292 g/mol. The van der Waals surface area contributed by atoms with Crippen LogP contribution >= 0.6 is 0 Å². The summed E-state index contributed by atoms with van der Waals surface area (Å²) in [6.45, 7) is 2.84. The van der Waals surface area contributed by atoms with Gasteiger partial charge in [-0.2, -0.15) is 0 Å². The van der Waals surface area contributed by atoms with Gasteiger partial charge in [-0.1, -0.05) is 45.4 Å². The van der Waals surface area contributed by atoms with Crippen molar-refractivity contribution in [3.8, 4) is 0 Å². The van der Waals surface area contributed by atoms with Crippen LogP contribution < -0.4 is 11.5 Å². The number of carboxylic acids is 1. The summed E-state index contributed by atoms with van der Waals surface area (Å²) in [7, 11) is 0. The van der Waals surface area contributed by atoms with Crippen LogP contribution in [-0.4, -0.2) is 29.4 Å². The van der Waals surface area contributed by atoms with Crippen molar-refractivity contribution in [2.24, 2.45) is 17.4 Å². The quantitative estimate of drug-likeness (QED) is 0.505. The first kappa shape index (κ1) is 22.1. The smallest absolute Gasteiger partial charge is 0.320 e. The molecule has 0 aromatic heterocycles. The fraction of sp³-hybridized carbons (Fsp3) is 0.889. The van der Waals surface area contributed by atoms with Gasteiger partial charge in [-0.25, -0.2) is 0 Å². The van der Waals surface area contributed by atoms with Gasteiger partial charge in [-0.15, -0.1) is 0 Å². The molecule has 0 aromatic carbocycles. The van der Waals surface area contributed by atoms with E-state index >= 15 is 0 Å². The molecule has 0 spiro atoms. The van der Waals surface area contributed by atoms with Crippen LogP contribution in [0, 0.1) is 5.92 Å². The van der Waals surface area contributed by atoms with E-state index in [0.717, 1.165) is 25.7 Å². The lowest BCUT2D eigenvalue weighted by atomic mass is 9.98. The molecule has 0 bridgehead atoms. The zero-order valence-electron chi connectivity index (χ0n) is 14.8. The molecule has 1 fully saturated rings. The normalized spacial score (nSPS) is 18.4. The number of aliphatic carboxylic acids is 1. The van der Waals surface area contributed by atoms with E-state index in [2.05, 4.69) is 6.92 Å². The second-order valence-electron chi connectivity index (χ2n) is 6.49. The van der Waals surface area contributed by atoms with E-state index in [0.29, 0.717) is 24.7 Å². The number of carboxylic acid groups (broad SMARTS) is 1. The molecule has 5 N–H and O–H groups in total. The Morgan fingerprint density at radius 1 is 1.22 bits per heavy atom. The second-order valence-corrected chi connectivity index (χ2v) is 6.49. The van der Waals surface area contributed by atoms with Crippen LogP contribution in [0.25, 0.3) is 0 Å². The molecule has 2 atom stereocenters. The highest BCUT2D eigenvalue weighted by Crippen LogP contribution is 2.26. The summed E-state index contributed by atoms with van der Waals surface area (Å²) in [6, 6.07) is -0.716. The lowest BCUT2D eigenvalue weighted by Crippen LogP contribution is -2.29. The lowest BCUT2D eigenvalue weighted by molar-refractivity contribution is -0.138. The Balaban J connectivity index is 0.000000438. The summed E-state index contributed by atoms with van der Waals surface area (Å²) in [5.41, 5.74) is 10.4. The Hall–Kier alpha value is -0.940. The molecule has 136 valence electrons. The van der Waals surface area contributed by atoms with Gasteiger partial charge in [0.25, 0.3) is 0 Å². The van der Waals surface area contributed by atoms with Crippen LogP contribution in [0.4, 0.5) is 0 Å². The van der Waals surface area contributed by atoms with E-state index < -0.39 is 12.0 Å².